The van der Waals surface area contributed by atoms with Crippen LogP contribution in [0.4, 0.5) is 15.2 Å². The Morgan fingerprint density at radius 2 is 2.19 bits per heavy atom. The van der Waals surface area contributed by atoms with Crippen LogP contribution in [-0.4, -0.2) is 11.5 Å². The number of hydrogen-bond donors (Lipinski definition) is 0. The normalized spacial score (nSPS) is 10.4. The van der Waals surface area contributed by atoms with Gasteiger partial charge in [0.15, 0.2) is 5.13 Å². The fourth-order valence-corrected chi connectivity index (χ4v) is 2.47. The third-order valence-corrected chi connectivity index (χ3v) is 3.34. The predicted octanol–water partition coefficient (Wildman–Crippen LogP) is 4.09. The van der Waals surface area contributed by atoms with Crippen molar-refractivity contribution in [2.24, 2.45) is 0 Å². The van der Waals surface area contributed by atoms with Crippen molar-refractivity contribution in [3.05, 3.63) is 40.6 Å². The lowest BCUT2D eigenvalue weighted by atomic mass is 10.3. The summed E-state index contributed by atoms with van der Waals surface area (Å²) in [5, 5.41) is 2.88. The van der Waals surface area contributed by atoms with Gasteiger partial charge in [0, 0.05) is 11.9 Å². The fraction of sp³-hybridized carbons (Fsp3) is 0.182. The molecular formula is C11H10ClFN2S. The summed E-state index contributed by atoms with van der Waals surface area (Å²) in [4.78, 5) is 5.94. The van der Waals surface area contributed by atoms with E-state index in [0.717, 1.165) is 0 Å². The largest absolute Gasteiger partial charge is 0.315 e. The van der Waals surface area contributed by atoms with Gasteiger partial charge in [0.2, 0.25) is 0 Å². The highest BCUT2D eigenvalue weighted by Gasteiger charge is 2.14. The molecular weight excluding hydrogens is 247 g/mol. The predicted molar refractivity (Wildman–Crippen MR) is 66.2 cm³/mol. The van der Waals surface area contributed by atoms with Crippen molar-refractivity contribution in [3.63, 3.8) is 0 Å². The molecule has 0 fully saturated rings. The van der Waals surface area contributed by atoms with E-state index >= 15 is 0 Å². The van der Waals surface area contributed by atoms with E-state index in [4.69, 9.17) is 11.6 Å². The molecule has 5 heteroatoms. The maximum Gasteiger partial charge on any atom is 0.191 e. The van der Waals surface area contributed by atoms with E-state index < -0.39 is 0 Å². The Balaban J connectivity index is 2.40. The molecule has 0 aliphatic rings. The molecule has 1 heterocycles. The molecule has 0 amide bonds. The van der Waals surface area contributed by atoms with Crippen molar-refractivity contribution >= 4 is 33.8 Å². The number of hydrogen-bond acceptors (Lipinski definition) is 3. The van der Waals surface area contributed by atoms with Crippen LogP contribution < -0.4 is 4.90 Å². The lowest BCUT2D eigenvalue weighted by molar-refractivity contribution is 0.625. The van der Waals surface area contributed by atoms with Crippen LogP contribution in [0.25, 0.3) is 0 Å². The Labute approximate surface area is 102 Å². The van der Waals surface area contributed by atoms with Crippen molar-refractivity contribution in [2.75, 3.05) is 11.4 Å². The molecule has 1 aromatic carbocycles. The first-order valence-electron chi connectivity index (χ1n) is 4.85. The first kappa shape index (κ1) is 11.4. The van der Waals surface area contributed by atoms with Crippen molar-refractivity contribution in [2.45, 2.75) is 6.92 Å². The van der Waals surface area contributed by atoms with Crippen molar-refractivity contribution in [3.8, 4) is 0 Å². The molecule has 2 rings (SSSR count). The summed E-state index contributed by atoms with van der Waals surface area (Å²) in [6.45, 7) is 2.59. The van der Waals surface area contributed by atoms with Crippen LogP contribution in [-0.2, 0) is 0 Å². The van der Waals surface area contributed by atoms with Gasteiger partial charge in [-0.2, -0.15) is 0 Å². The van der Waals surface area contributed by atoms with Gasteiger partial charge in [-0.1, -0.05) is 23.7 Å². The van der Waals surface area contributed by atoms with E-state index in [1.807, 2.05) is 6.92 Å². The Morgan fingerprint density at radius 3 is 2.75 bits per heavy atom. The van der Waals surface area contributed by atoms with Crippen LogP contribution in [0.2, 0.25) is 5.15 Å². The van der Waals surface area contributed by atoms with Crippen molar-refractivity contribution in [1.82, 2.24) is 4.98 Å². The minimum atomic E-state index is -0.254. The average Bonchev–Trinajstić information content (AvgIpc) is 2.69. The topological polar surface area (TPSA) is 16.1 Å². The summed E-state index contributed by atoms with van der Waals surface area (Å²) in [5.74, 6) is -0.254. The summed E-state index contributed by atoms with van der Waals surface area (Å²) in [6, 6.07) is 6.64. The second-order valence-corrected chi connectivity index (χ2v) is 4.37. The molecule has 16 heavy (non-hydrogen) atoms. The van der Waals surface area contributed by atoms with Gasteiger partial charge < -0.3 is 4.90 Å². The van der Waals surface area contributed by atoms with E-state index in [-0.39, 0.29) is 5.82 Å². The van der Waals surface area contributed by atoms with E-state index in [1.54, 1.807) is 28.5 Å². The van der Waals surface area contributed by atoms with Gasteiger partial charge in [-0.3, -0.25) is 0 Å². The van der Waals surface area contributed by atoms with Gasteiger partial charge in [0.1, 0.15) is 11.0 Å². The number of thiazole rings is 1. The summed E-state index contributed by atoms with van der Waals surface area (Å²) in [7, 11) is 0. The number of para-hydroxylation sites is 1. The Bertz CT molecular complexity index is 486. The van der Waals surface area contributed by atoms with E-state index in [2.05, 4.69) is 4.98 Å². The fourth-order valence-electron chi connectivity index (χ4n) is 1.45. The SMILES string of the molecule is CCN(c1nc(Cl)cs1)c1ccccc1F. The molecule has 0 aliphatic heterocycles. The minimum Gasteiger partial charge on any atom is -0.315 e. The molecule has 1 aromatic heterocycles. The monoisotopic (exact) mass is 256 g/mol. The van der Waals surface area contributed by atoms with E-state index in [9.17, 15) is 4.39 Å². The van der Waals surface area contributed by atoms with Crippen LogP contribution in [0.15, 0.2) is 29.6 Å². The number of benzene rings is 1. The minimum absolute atomic E-state index is 0.254. The molecule has 0 saturated carbocycles. The smallest absolute Gasteiger partial charge is 0.191 e. The number of nitrogens with zero attached hydrogens (tertiary/aromatic N) is 2. The Kier molecular flexibility index (Phi) is 3.41. The highest BCUT2D eigenvalue weighted by atomic mass is 35.5. The number of rotatable bonds is 3. The van der Waals surface area contributed by atoms with Crippen molar-refractivity contribution < 1.29 is 4.39 Å². The van der Waals surface area contributed by atoms with Crippen LogP contribution in [0.5, 0.6) is 0 Å². The number of halogens is 2. The molecule has 2 nitrogen and oxygen atoms in total. The highest BCUT2D eigenvalue weighted by Crippen LogP contribution is 2.31. The molecule has 84 valence electrons. The Morgan fingerprint density at radius 1 is 1.44 bits per heavy atom. The third-order valence-electron chi connectivity index (χ3n) is 2.15. The summed E-state index contributed by atoms with van der Waals surface area (Å²) >= 11 is 7.17. The van der Waals surface area contributed by atoms with Crippen molar-refractivity contribution in [1.29, 1.82) is 0 Å². The van der Waals surface area contributed by atoms with Crippen LogP contribution in [0.3, 0.4) is 0 Å². The first-order valence-corrected chi connectivity index (χ1v) is 6.11. The van der Waals surface area contributed by atoms with Gasteiger partial charge in [0.25, 0.3) is 0 Å². The molecule has 0 aliphatic carbocycles. The molecule has 0 unspecified atom stereocenters. The molecule has 0 saturated heterocycles. The maximum absolute atomic E-state index is 13.6. The Hall–Kier alpha value is -1.13. The molecule has 0 bridgehead atoms. The second kappa shape index (κ2) is 4.80. The van der Waals surface area contributed by atoms with Gasteiger partial charge in [-0.05, 0) is 19.1 Å². The summed E-state index contributed by atoms with van der Waals surface area (Å²) < 4.78 is 13.6. The maximum atomic E-state index is 13.6. The quantitative estimate of drug-likeness (QED) is 0.822. The second-order valence-electron chi connectivity index (χ2n) is 3.15. The molecule has 0 spiro atoms. The third kappa shape index (κ3) is 2.18. The standard InChI is InChI=1S/C11H10ClFN2S/c1-2-15(11-14-10(12)7-16-11)9-6-4-3-5-8(9)13/h3-7H,2H2,1H3. The first-order chi connectivity index (χ1) is 7.72. The molecule has 0 N–H and O–H groups in total. The van der Waals surface area contributed by atoms with E-state index in [0.29, 0.717) is 22.5 Å². The average molecular weight is 257 g/mol. The van der Waals surface area contributed by atoms with Crippen LogP contribution in [0.1, 0.15) is 6.92 Å². The zero-order chi connectivity index (χ0) is 11.5. The molecule has 2 aromatic rings. The molecule has 0 radical (unpaired) electrons. The van der Waals surface area contributed by atoms with Gasteiger partial charge >= 0.3 is 0 Å². The van der Waals surface area contributed by atoms with Crippen LogP contribution in [0, 0.1) is 5.82 Å². The van der Waals surface area contributed by atoms with Gasteiger partial charge in [-0.25, -0.2) is 9.37 Å². The lowest BCUT2D eigenvalue weighted by Gasteiger charge is -2.20. The highest BCUT2D eigenvalue weighted by molar-refractivity contribution is 7.14. The molecule has 0 atom stereocenters. The summed E-state index contributed by atoms with van der Waals surface area (Å²) in [5.41, 5.74) is 0.524. The zero-order valence-electron chi connectivity index (χ0n) is 8.65. The van der Waals surface area contributed by atoms with Gasteiger partial charge in [-0.15, -0.1) is 11.3 Å². The lowest BCUT2D eigenvalue weighted by Crippen LogP contribution is -2.16. The van der Waals surface area contributed by atoms with Gasteiger partial charge in [0.05, 0.1) is 5.69 Å². The van der Waals surface area contributed by atoms with E-state index in [1.165, 1.54) is 17.4 Å². The summed E-state index contributed by atoms with van der Waals surface area (Å²) in [6.07, 6.45) is 0. The zero-order valence-corrected chi connectivity index (χ0v) is 10.2. The van der Waals surface area contributed by atoms with Crippen LogP contribution >= 0.6 is 22.9 Å². The number of anilines is 2. The number of aromatic nitrogens is 1.